The number of fused-ring (bicyclic) bond motifs is 1. The molecular formula is C14H13ClN4O. The number of carbonyl (C=O) groups is 1. The van der Waals surface area contributed by atoms with Gasteiger partial charge in [0.05, 0.1) is 16.4 Å². The molecular weight excluding hydrogens is 276 g/mol. The number of nitrogens with two attached hydrogens (primary N) is 1. The van der Waals surface area contributed by atoms with Crippen LogP contribution in [0.15, 0.2) is 24.4 Å². The van der Waals surface area contributed by atoms with Gasteiger partial charge in [0.15, 0.2) is 0 Å². The molecule has 2 aromatic rings. The Labute approximate surface area is 121 Å². The van der Waals surface area contributed by atoms with Crippen LogP contribution in [0.4, 0.5) is 0 Å². The molecule has 1 aliphatic heterocycles. The summed E-state index contributed by atoms with van der Waals surface area (Å²) in [5.41, 5.74) is 9.27. The molecule has 102 valence electrons. The van der Waals surface area contributed by atoms with Gasteiger partial charge in [-0.25, -0.2) is 4.98 Å². The lowest BCUT2D eigenvalue weighted by atomic mass is 9.96. The Morgan fingerprint density at radius 2 is 2.25 bits per heavy atom. The van der Waals surface area contributed by atoms with E-state index < -0.39 is 5.91 Å². The highest BCUT2D eigenvalue weighted by atomic mass is 35.5. The maximum Gasteiger partial charge on any atom is 0.267 e. The Bertz CT molecular complexity index is 670. The first-order valence-electron chi connectivity index (χ1n) is 6.30. The molecule has 0 saturated carbocycles. The number of amides is 1. The number of nitrogens with zero attached hydrogens (tertiary/aromatic N) is 2. The minimum Gasteiger partial charge on any atom is -0.364 e. The van der Waals surface area contributed by atoms with E-state index in [4.69, 9.17) is 17.3 Å². The highest BCUT2D eigenvalue weighted by Crippen LogP contribution is 2.27. The largest absolute Gasteiger partial charge is 0.364 e. The molecule has 3 N–H and O–H groups in total. The number of nitrogens with one attached hydrogen (secondary N) is 1. The lowest BCUT2D eigenvalue weighted by Crippen LogP contribution is -2.27. The first kappa shape index (κ1) is 13.0. The second kappa shape index (κ2) is 5.19. The maximum atomic E-state index is 11.4. The van der Waals surface area contributed by atoms with Crippen molar-refractivity contribution in [2.75, 3.05) is 6.54 Å². The molecule has 5 nitrogen and oxygen atoms in total. The van der Waals surface area contributed by atoms with E-state index in [2.05, 4.69) is 15.3 Å². The number of halogens is 1. The first-order valence-corrected chi connectivity index (χ1v) is 6.68. The van der Waals surface area contributed by atoms with Crippen LogP contribution in [0.1, 0.15) is 21.7 Å². The Morgan fingerprint density at radius 1 is 1.40 bits per heavy atom. The van der Waals surface area contributed by atoms with E-state index in [1.807, 2.05) is 6.07 Å². The van der Waals surface area contributed by atoms with Crippen LogP contribution < -0.4 is 11.1 Å². The van der Waals surface area contributed by atoms with Gasteiger partial charge in [0.2, 0.25) is 0 Å². The highest BCUT2D eigenvalue weighted by Gasteiger charge is 2.19. The standard InChI is InChI=1S/C14H13ClN4O/c15-8-1-2-11(18-6-8)10-5-12(14(16)20)19-13-7-17-4-3-9(10)13/h1-2,5-6,17H,3-4,7H2,(H2,16,20). The Kier molecular flexibility index (Phi) is 3.38. The fourth-order valence-corrected chi connectivity index (χ4v) is 2.47. The van der Waals surface area contributed by atoms with E-state index >= 15 is 0 Å². The monoisotopic (exact) mass is 288 g/mol. The zero-order chi connectivity index (χ0) is 14.1. The molecule has 0 aliphatic carbocycles. The maximum absolute atomic E-state index is 11.4. The summed E-state index contributed by atoms with van der Waals surface area (Å²) in [7, 11) is 0. The van der Waals surface area contributed by atoms with Gasteiger partial charge in [-0.1, -0.05) is 11.6 Å². The summed E-state index contributed by atoms with van der Waals surface area (Å²) in [5.74, 6) is -0.534. The van der Waals surface area contributed by atoms with Crippen molar-refractivity contribution >= 4 is 17.5 Å². The average molecular weight is 289 g/mol. The Balaban J connectivity index is 2.19. The van der Waals surface area contributed by atoms with Crippen molar-refractivity contribution in [3.8, 4) is 11.3 Å². The van der Waals surface area contributed by atoms with Crippen LogP contribution in [-0.2, 0) is 13.0 Å². The van der Waals surface area contributed by atoms with E-state index in [0.717, 1.165) is 35.5 Å². The summed E-state index contributed by atoms with van der Waals surface area (Å²) in [6.45, 7) is 1.52. The molecule has 0 spiro atoms. The normalized spacial score (nSPS) is 13.8. The van der Waals surface area contributed by atoms with Crippen molar-refractivity contribution in [3.05, 3.63) is 46.4 Å². The van der Waals surface area contributed by atoms with Gasteiger partial charge in [0, 0.05) is 18.3 Å². The zero-order valence-electron chi connectivity index (χ0n) is 10.7. The fraction of sp³-hybridized carbons (Fsp3) is 0.214. The first-order chi connectivity index (χ1) is 9.65. The van der Waals surface area contributed by atoms with Crippen LogP contribution in [0.2, 0.25) is 5.02 Å². The number of primary amides is 1. The van der Waals surface area contributed by atoms with Gasteiger partial charge >= 0.3 is 0 Å². The molecule has 0 radical (unpaired) electrons. The van der Waals surface area contributed by atoms with E-state index in [1.54, 1.807) is 18.3 Å². The van der Waals surface area contributed by atoms with Crippen LogP contribution in [0, 0.1) is 0 Å². The summed E-state index contributed by atoms with van der Waals surface area (Å²) in [4.78, 5) is 20.1. The summed E-state index contributed by atoms with van der Waals surface area (Å²) >= 11 is 5.87. The third kappa shape index (κ3) is 2.37. The predicted octanol–water partition coefficient (Wildman–Crippen LogP) is 1.54. The van der Waals surface area contributed by atoms with Crippen LogP contribution in [-0.4, -0.2) is 22.4 Å². The molecule has 3 heterocycles. The summed E-state index contributed by atoms with van der Waals surface area (Å²) < 4.78 is 0. The second-order valence-corrected chi connectivity index (χ2v) is 5.07. The molecule has 6 heteroatoms. The van der Waals surface area contributed by atoms with Gasteiger partial charge in [-0.3, -0.25) is 9.78 Å². The molecule has 0 fully saturated rings. The van der Waals surface area contributed by atoms with E-state index in [-0.39, 0.29) is 5.69 Å². The minimum atomic E-state index is -0.534. The molecule has 1 amide bonds. The number of pyridine rings is 2. The van der Waals surface area contributed by atoms with Crippen LogP contribution in [0.5, 0.6) is 0 Å². The van der Waals surface area contributed by atoms with Crippen molar-refractivity contribution in [1.82, 2.24) is 15.3 Å². The van der Waals surface area contributed by atoms with E-state index in [0.29, 0.717) is 11.6 Å². The van der Waals surface area contributed by atoms with E-state index in [1.165, 1.54) is 0 Å². The van der Waals surface area contributed by atoms with Gasteiger partial charge < -0.3 is 11.1 Å². The molecule has 2 aromatic heterocycles. The molecule has 0 bridgehead atoms. The number of carbonyl (C=O) groups excluding carboxylic acids is 1. The third-order valence-electron chi connectivity index (χ3n) is 3.31. The Morgan fingerprint density at radius 3 is 2.95 bits per heavy atom. The Hall–Kier alpha value is -1.98. The van der Waals surface area contributed by atoms with Gasteiger partial charge in [-0.2, -0.15) is 0 Å². The molecule has 0 atom stereocenters. The number of rotatable bonds is 2. The summed E-state index contributed by atoms with van der Waals surface area (Å²) in [6, 6.07) is 5.33. The molecule has 0 unspecified atom stereocenters. The minimum absolute atomic E-state index is 0.263. The average Bonchev–Trinajstić information content (AvgIpc) is 2.47. The van der Waals surface area contributed by atoms with Gasteiger partial charge in [0.25, 0.3) is 5.91 Å². The number of hydrogen-bond acceptors (Lipinski definition) is 4. The van der Waals surface area contributed by atoms with Crippen molar-refractivity contribution in [2.45, 2.75) is 13.0 Å². The zero-order valence-corrected chi connectivity index (χ0v) is 11.4. The molecule has 0 aromatic carbocycles. The topological polar surface area (TPSA) is 80.9 Å². The lowest BCUT2D eigenvalue weighted by Gasteiger charge is -2.20. The fourth-order valence-electron chi connectivity index (χ4n) is 2.36. The summed E-state index contributed by atoms with van der Waals surface area (Å²) in [5, 5.41) is 3.82. The lowest BCUT2D eigenvalue weighted by molar-refractivity contribution is 0.0995. The molecule has 1 aliphatic rings. The third-order valence-corrected chi connectivity index (χ3v) is 3.53. The van der Waals surface area contributed by atoms with Gasteiger partial charge in [-0.05, 0) is 36.7 Å². The van der Waals surface area contributed by atoms with E-state index in [9.17, 15) is 4.79 Å². The van der Waals surface area contributed by atoms with Crippen molar-refractivity contribution < 1.29 is 4.79 Å². The number of aromatic nitrogens is 2. The van der Waals surface area contributed by atoms with Crippen molar-refractivity contribution in [3.63, 3.8) is 0 Å². The van der Waals surface area contributed by atoms with Gasteiger partial charge in [-0.15, -0.1) is 0 Å². The predicted molar refractivity (Wildman–Crippen MR) is 76.4 cm³/mol. The molecule has 0 saturated heterocycles. The van der Waals surface area contributed by atoms with Crippen molar-refractivity contribution in [1.29, 1.82) is 0 Å². The quantitative estimate of drug-likeness (QED) is 0.878. The number of hydrogen-bond donors (Lipinski definition) is 2. The summed E-state index contributed by atoms with van der Waals surface area (Å²) in [6.07, 6.45) is 2.44. The second-order valence-electron chi connectivity index (χ2n) is 4.63. The molecule has 3 rings (SSSR count). The smallest absolute Gasteiger partial charge is 0.267 e. The highest BCUT2D eigenvalue weighted by molar-refractivity contribution is 6.30. The van der Waals surface area contributed by atoms with Crippen LogP contribution >= 0.6 is 11.6 Å². The SMILES string of the molecule is NC(=O)c1cc(-c2ccc(Cl)cn2)c2c(n1)CNCC2. The molecule has 20 heavy (non-hydrogen) atoms. The van der Waals surface area contributed by atoms with Crippen LogP contribution in [0.25, 0.3) is 11.3 Å². The van der Waals surface area contributed by atoms with Crippen LogP contribution in [0.3, 0.4) is 0 Å². The van der Waals surface area contributed by atoms with Crippen molar-refractivity contribution in [2.24, 2.45) is 5.73 Å². The van der Waals surface area contributed by atoms with Gasteiger partial charge in [0.1, 0.15) is 5.69 Å².